The van der Waals surface area contributed by atoms with E-state index in [1.807, 2.05) is 19.9 Å². The van der Waals surface area contributed by atoms with Crippen LogP contribution in [0.4, 0.5) is 4.79 Å². The molecule has 11 heteroatoms. The molecule has 0 saturated carbocycles. The number of urea groups is 1. The van der Waals surface area contributed by atoms with E-state index in [4.69, 9.17) is 14.7 Å². The molecule has 0 bridgehead atoms. The van der Waals surface area contributed by atoms with Crippen LogP contribution in [0.3, 0.4) is 0 Å². The van der Waals surface area contributed by atoms with E-state index in [0.717, 1.165) is 5.56 Å². The fraction of sp³-hybridized carbons (Fsp3) is 0.448. The maximum atomic E-state index is 13.1. The van der Waals surface area contributed by atoms with Gasteiger partial charge in [0.15, 0.2) is 6.10 Å². The van der Waals surface area contributed by atoms with E-state index < -0.39 is 36.0 Å². The number of aliphatic hydroxyl groups excluding tert-OH is 1. The maximum absolute atomic E-state index is 13.1. The first kappa shape index (κ1) is 31.9. The molecule has 0 aliphatic heterocycles. The summed E-state index contributed by atoms with van der Waals surface area (Å²) in [4.78, 5) is 38.4. The average molecular weight is 554 g/mol. The molecule has 0 aromatic heterocycles. The Bertz CT molecular complexity index is 1160. The second-order valence-corrected chi connectivity index (χ2v) is 9.72. The number of ether oxygens (including phenoxy) is 2. The van der Waals surface area contributed by atoms with Crippen molar-refractivity contribution in [3.8, 4) is 17.6 Å². The van der Waals surface area contributed by atoms with E-state index in [1.165, 1.54) is 14.2 Å². The zero-order valence-electron chi connectivity index (χ0n) is 23.6. The van der Waals surface area contributed by atoms with Crippen LogP contribution in [0.15, 0.2) is 42.5 Å². The monoisotopic (exact) mass is 553 g/mol. The molecule has 0 spiro atoms. The normalized spacial score (nSPS) is 12.8. The minimum atomic E-state index is -1.51. The number of aliphatic hydroxyl groups is 1. The van der Waals surface area contributed by atoms with Crippen LogP contribution in [0, 0.1) is 17.2 Å². The van der Waals surface area contributed by atoms with Crippen molar-refractivity contribution in [2.24, 2.45) is 5.92 Å². The first-order valence-corrected chi connectivity index (χ1v) is 13.1. The molecule has 2 rings (SSSR count). The van der Waals surface area contributed by atoms with Gasteiger partial charge in [0.1, 0.15) is 17.5 Å². The number of benzene rings is 2. The van der Waals surface area contributed by atoms with E-state index in [1.54, 1.807) is 49.4 Å². The van der Waals surface area contributed by atoms with E-state index in [-0.39, 0.29) is 25.4 Å². The molecule has 0 saturated heterocycles. The fourth-order valence-corrected chi connectivity index (χ4v) is 3.92. The predicted molar refractivity (Wildman–Crippen MR) is 149 cm³/mol. The molecule has 5 N–H and O–H groups in total. The number of methoxy groups -OCH3 is 2. The second-order valence-electron chi connectivity index (χ2n) is 9.72. The van der Waals surface area contributed by atoms with Crippen LogP contribution in [0.2, 0.25) is 0 Å². The highest BCUT2D eigenvalue weighted by atomic mass is 16.5. The Hall–Kier alpha value is -4.30. The Morgan fingerprint density at radius 1 is 0.900 bits per heavy atom. The Morgan fingerprint density at radius 3 is 2.02 bits per heavy atom. The molecular weight excluding hydrogens is 514 g/mol. The van der Waals surface area contributed by atoms with E-state index in [9.17, 15) is 19.5 Å². The van der Waals surface area contributed by atoms with Gasteiger partial charge in [0.05, 0.1) is 31.9 Å². The van der Waals surface area contributed by atoms with Crippen molar-refractivity contribution in [3.63, 3.8) is 0 Å². The highest BCUT2D eigenvalue weighted by Gasteiger charge is 2.30. The average Bonchev–Trinajstić information content (AvgIpc) is 2.96. The number of carbonyl (C=O) groups excluding carboxylic acids is 3. The van der Waals surface area contributed by atoms with Crippen LogP contribution >= 0.6 is 0 Å². The van der Waals surface area contributed by atoms with Gasteiger partial charge in [-0.05, 0) is 54.2 Å². The third-order valence-electron chi connectivity index (χ3n) is 6.16. The van der Waals surface area contributed by atoms with Crippen LogP contribution in [-0.2, 0) is 22.7 Å². The van der Waals surface area contributed by atoms with Gasteiger partial charge in [0.2, 0.25) is 5.91 Å². The van der Waals surface area contributed by atoms with Gasteiger partial charge in [0, 0.05) is 19.2 Å². The molecule has 0 aliphatic carbocycles. The maximum Gasteiger partial charge on any atom is 0.315 e. The molecule has 11 nitrogen and oxygen atoms in total. The van der Waals surface area contributed by atoms with Crippen molar-refractivity contribution in [1.29, 1.82) is 5.26 Å². The number of carbonyl (C=O) groups is 3. The van der Waals surface area contributed by atoms with Crippen molar-refractivity contribution >= 4 is 17.8 Å². The Morgan fingerprint density at radius 2 is 1.50 bits per heavy atom. The van der Waals surface area contributed by atoms with E-state index >= 15 is 0 Å². The lowest BCUT2D eigenvalue weighted by atomic mass is 10.0. The topological polar surface area (TPSA) is 162 Å². The summed E-state index contributed by atoms with van der Waals surface area (Å²) in [5.74, 6) is 0.0589. The summed E-state index contributed by atoms with van der Waals surface area (Å²) >= 11 is 0. The van der Waals surface area contributed by atoms with Gasteiger partial charge >= 0.3 is 6.03 Å². The molecule has 2 unspecified atom stereocenters. The highest BCUT2D eigenvalue weighted by Crippen LogP contribution is 2.22. The zero-order valence-corrected chi connectivity index (χ0v) is 23.6. The highest BCUT2D eigenvalue weighted by molar-refractivity contribution is 5.88. The first-order valence-electron chi connectivity index (χ1n) is 13.1. The third-order valence-corrected chi connectivity index (χ3v) is 6.16. The van der Waals surface area contributed by atoms with Crippen molar-refractivity contribution in [2.45, 2.75) is 64.9 Å². The van der Waals surface area contributed by atoms with Crippen molar-refractivity contribution in [1.82, 2.24) is 21.3 Å². The quantitative estimate of drug-likeness (QED) is 0.240. The van der Waals surface area contributed by atoms with Gasteiger partial charge in [-0.3, -0.25) is 9.59 Å². The predicted octanol–water partition coefficient (Wildman–Crippen LogP) is 2.36. The summed E-state index contributed by atoms with van der Waals surface area (Å²) in [5, 5.41) is 30.4. The molecule has 2 aromatic rings. The SMILES string of the molecule is CCC(NC(=O)[C@H](CC(C)C)NC(=O)NCc1ccc(C#N)cc1)C(O)C(=O)NCc1cc(OC)cc(OC)c1. The number of nitrogens with one attached hydrogen (secondary N) is 4. The largest absolute Gasteiger partial charge is 0.497 e. The van der Waals surface area contributed by atoms with Crippen LogP contribution < -0.4 is 30.7 Å². The van der Waals surface area contributed by atoms with Crippen molar-refractivity contribution in [3.05, 3.63) is 59.2 Å². The van der Waals surface area contributed by atoms with E-state index in [2.05, 4.69) is 21.3 Å². The molecule has 3 atom stereocenters. The molecule has 0 aliphatic rings. The lowest BCUT2D eigenvalue weighted by Crippen LogP contribution is -2.56. The van der Waals surface area contributed by atoms with Crippen LogP contribution in [0.1, 0.15) is 50.3 Å². The van der Waals surface area contributed by atoms with Crippen LogP contribution in [0.25, 0.3) is 0 Å². The Balaban J connectivity index is 1.97. The molecule has 4 amide bonds. The van der Waals surface area contributed by atoms with Crippen molar-refractivity contribution in [2.75, 3.05) is 14.2 Å². The van der Waals surface area contributed by atoms with E-state index in [0.29, 0.717) is 29.0 Å². The lowest BCUT2D eigenvalue weighted by molar-refractivity contribution is -0.132. The fourth-order valence-electron chi connectivity index (χ4n) is 3.92. The van der Waals surface area contributed by atoms with Gasteiger partial charge in [0.25, 0.3) is 5.91 Å². The third kappa shape index (κ3) is 10.1. The number of amides is 4. The number of rotatable bonds is 14. The van der Waals surface area contributed by atoms with Crippen LogP contribution in [-0.4, -0.2) is 55.4 Å². The summed E-state index contributed by atoms with van der Waals surface area (Å²) in [6, 6.07) is 11.7. The van der Waals surface area contributed by atoms with Gasteiger partial charge < -0.3 is 35.8 Å². The lowest BCUT2D eigenvalue weighted by Gasteiger charge is -2.26. The number of nitrogens with zero attached hydrogens (tertiary/aromatic N) is 1. The van der Waals surface area contributed by atoms with Crippen LogP contribution in [0.5, 0.6) is 11.5 Å². The Kier molecular flexibility index (Phi) is 12.7. The summed E-state index contributed by atoms with van der Waals surface area (Å²) in [5.41, 5.74) is 2.03. The molecule has 216 valence electrons. The molecular formula is C29H39N5O6. The molecule has 0 radical (unpaired) electrons. The summed E-state index contributed by atoms with van der Waals surface area (Å²) < 4.78 is 10.5. The number of hydrogen-bond acceptors (Lipinski definition) is 7. The standard InChI is InChI=1S/C29H39N5O6/c1-6-24(26(35)28(37)31-17-21-12-22(39-4)14-23(13-21)40-5)33-27(36)25(11-18(2)3)34-29(38)32-16-20-9-7-19(15-30)8-10-20/h7-10,12-14,18,24-26,35H,6,11,16-17H2,1-5H3,(H,31,37)(H,33,36)(H2,32,34,38)/t24?,25-,26?/m0/s1. The minimum absolute atomic E-state index is 0.0859. The Labute approximate surface area is 235 Å². The van der Waals surface area contributed by atoms with Gasteiger partial charge in [-0.25, -0.2) is 4.79 Å². The molecule has 0 heterocycles. The van der Waals surface area contributed by atoms with Crippen molar-refractivity contribution < 1.29 is 29.0 Å². The molecule has 2 aromatic carbocycles. The minimum Gasteiger partial charge on any atom is -0.497 e. The summed E-state index contributed by atoms with van der Waals surface area (Å²) in [6.07, 6.45) is -0.870. The van der Waals surface area contributed by atoms with Gasteiger partial charge in [-0.2, -0.15) is 5.26 Å². The number of nitriles is 1. The van der Waals surface area contributed by atoms with Gasteiger partial charge in [-0.15, -0.1) is 0 Å². The first-order chi connectivity index (χ1) is 19.1. The molecule has 0 fully saturated rings. The number of hydrogen-bond donors (Lipinski definition) is 5. The zero-order chi connectivity index (χ0) is 29.7. The van der Waals surface area contributed by atoms with Gasteiger partial charge in [-0.1, -0.05) is 32.9 Å². The second kappa shape index (κ2) is 16.0. The summed E-state index contributed by atoms with van der Waals surface area (Å²) in [6.45, 7) is 5.91. The summed E-state index contributed by atoms with van der Waals surface area (Å²) in [7, 11) is 3.05. The smallest absolute Gasteiger partial charge is 0.315 e. The molecule has 40 heavy (non-hydrogen) atoms.